The molecule has 1 aromatic carbocycles. The lowest BCUT2D eigenvalue weighted by atomic mass is 9.79. The largest absolute Gasteiger partial charge is 0.387 e. The third-order valence-corrected chi connectivity index (χ3v) is 3.96. The van der Waals surface area contributed by atoms with Gasteiger partial charge >= 0.3 is 0 Å². The van der Waals surface area contributed by atoms with Crippen molar-refractivity contribution < 1.29 is 14.6 Å². The van der Waals surface area contributed by atoms with E-state index in [1.54, 1.807) is 0 Å². The monoisotopic (exact) mass is 278 g/mol. The highest BCUT2D eigenvalue weighted by Crippen LogP contribution is 2.29. The lowest BCUT2D eigenvalue weighted by Crippen LogP contribution is -2.49. The number of carbonyl (C=O) groups is 1. The molecular weight excluding hydrogens is 256 g/mol. The van der Waals surface area contributed by atoms with E-state index in [1.165, 1.54) is 0 Å². The van der Waals surface area contributed by atoms with Crippen LogP contribution in [0.5, 0.6) is 0 Å². The van der Waals surface area contributed by atoms with E-state index >= 15 is 0 Å². The first-order valence-electron chi connectivity index (χ1n) is 6.97. The van der Waals surface area contributed by atoms with Crippen molar-refractivity contribution in [2.45, 2.75) is 18.9 Å². The van der Waals surface area contributed by atoms with Gasteiger partial charge in [-0.1, -0.05) is 30.3 Å². The molecule has 1 fully saturated rings. The van der Waals surface area contributed by atoms with Crippen molar-refractivity contribution in [3.8, 4) is 0 Å². The van der Waals surface area contributed by atoms with E-state index in [2.05, 4.69) is 5.32 Å². The average Bonchev–Trinajstić information content (AvgIpc) is 2.53. The van der Waals surface area contributed by atoms with Gasteiger partial charge in [-0.25, -0.2) is 0 Å². The predicted octanol–water partition coefficient (Wildman–Crippen LogP) is 0.592. The smallest absolute Gasteiger partial charge is 0.227 e. The molecule has 110 valence electrons. The van der Waals surface area contributed by atoms with Crippen molar-refractivity contribution in [1.82, 2.24) is 5.32 Å². The Morgan fingerprint density at radius 2 is 2.00 bits per heavy atom. The predicted molar refractivity (Wildman–Crippen MR) is 76.0 cm³/mol. The standard InChI is InChI=1S/C15H22N2O3/c16-11-15(6-8-20-9-7-15)14(19)17-10-13(18)12-4-2-1-3-5-12/h1-5,13,18H,6-11,16H2,(H,17,19). The van der Waals surface area contributed by atoms with Crippen LogP contribution in [0, 0.1) is 5.41 Å². The van der Waals surface area contributed by atoms with Crippen molar-refractivity contribution in [3.63, 3.8) is 0 Å². The van der Waals surface area contributed by atoms with Gasteiger partial charge in [0.15, 0.2) is 0 Å². The zero-order valence-electron chi connectivity index (χ0n) is 11.5. The summed E-state index contributed by atoms with van der Waals surface area (Å²) in [6, 6.07) is 9.29. The summed E-state index contributed by atoms with van der Waals surface area (Å²) in [6.45, 7) is 1.63. The van der Waals surface area contributed by atoms with Crippen LogP contribution in [0.3, 0.4) is 0 Å². The van der Waals surface area contributed by atoms with Gasteiger partial charge in [0, 0.05) is 26.3 Å². The Kier molecular flexibility index (Phi) is 5.11. The second kappa shape index (κ2) is 6.83. The Bertz CT molecular complexity index is 430. The van der Waals surface area contributed by atoms with Gasteiger partial charge in [0.05, 0.1) is 11.5 Å². The zero-order chi connectivity index (χ0) is 14.4. The number of hydrogen-bond donors (Lipinski definition) is 3. The van der Waals surface area contributed by atoms with Gasteiger partial charge in [0.2, 0.25) is 5.91 Å². The van der Waals surface area contributed by atoms with Crippen molar-refractivity contribution in [2.24, 2.45) is 11.1 Å². The summed E-state index contributed by atoms with van der Waals surface area (Å²) in [7, 11) is 0. The minimum Gasteiger partial charge on any atom is -0.387 e. The fourth-order valence-electron chi connectivity index (χ4n) is 2.46. The molecule has 0 saturated carbocycles. The van der Waals surface area contributed by atoms with Crippen LogP contribution in [0.25, 0.3) is 0 Å². The first-order valence-corrected chi connectivity index (χ1v) is 6.97. The molecule has 1 atom stereocenters. The first-order chi connectivity index (χ1) is 9.68. The molecule has 1 aliphatic heterocycles. The Morgan fingerprint density at radius 3 is 2.60 bits per heavy atom. The highest BCUT2D eigenvalue weighted by molar-refractivity contribution is 5.83. The van der Waals surface area contributed by atoms with Crippen LogP contribution in [0.4, 0.5) is 0 Å². The SMILES string of the molecule is NCC1(C(=O)NCC(O)c2ccccc2)CCOCC1. The van der Waals surface area contributed by atoms with E-state index in [9.17, 15) is 9.90 Å². The molecule has 0 spiro atoms. The highest BCUT2D eigenvalue weighted by Gasteiger charge is 2.38. The first kappa shape index (κ1) is 15.0. The molecule has 1 unspecified atom stereocenters. The van der Waals surface area contributed by atoms with Gasteiger partial charge in [-0.05, 0) is 18.4 Å². The number of carbonyl (C=O) groups excluding carboxylic acids is 1. The molecule has 1 saturated heterocycles. The number of aliphatic hydroxyl groups excluding tert-OH is 1. The molecule has 0 aliphatic carbocycles. The number of benzene rings is 1. The Hall–Kier alpha value is -1.43. The summed E-state index contributed by atoms with van der Waals surface area (Å²) in [6.07, 6.45) is 0.572. The fourth-order valence-corrected chi connectivity index (χ4v) is 2.46. The van der Waals surface area contributed by atoms with Crippen molar-refractivity contribution in [1.29, 1.82) is 0 Å². The number of nitrogens with one attached hydrogen (secondary N) is 1. The minimum absolute atomic E-state index is 0.0849. The Morgan fingerprint density at radius 1 is 1.35 bits per heavy atom. The normalized spacial score (nSPS) is 19.3. The van der Waals surface area contributed by atoms with Crippen molar-refractivity contribution in [3.05, 3.63) is 35.9 Å². The topological polar surface area (TPSA) is 84.6 Å². The minimum atomic E-state index is -0.699. The fraction of sp³-hybridized carbons (Fsp3) is 0.533. The summed E-state index contributed by atoms with van der Waals surface area (Å²) in [5, 5.41) is 12.9. The molecule has 0 aromatic heterocycles. The molecule has 1 amide bonds. The van der Waals surface area contributed by atoms with E-state index in [0.717, 1.165) is 5.56 Å². The Balaban J connectivity index is 1.91. The number of aliphatic hydroxyl groups is 1. The third-order valence-electron chi connectivity index (χ3n) is 3.96. The van der Waals surface area contributed by atoms with Crippen LogP contribution in [-0.2, 0) is 9.53 Å². The van der Waals surface area contributed by atoms with Gasteiger partial charge in [0.25, 0.3) is 0 Å². The second-order valence-corrected chi connectivity index (χ2v) is 5.23. The average molecular weight is 278 g/mol. The third kappa shape index (κ3) is 3.36. The molecule has 1 aliphatic rings. The summed E-state index contributed by atoms with van der Waals surface area (Å²) >= 11 is 0. The number of amides is 1. The van der Waals surface area contributed by atoms with Crippen molar-refractivity contribution in [2.75, 3.05) is 26.3 Å². The molecule has 5 nitrogen and oxygen atoms in total. The molecule has 1 heterocycles. The molecular formula is C15H22N2O3. The lowest BCUT2D eigenvalue weighted by Gasteiger charge is -2.34. The maximum Gasteiger partial charge on any atom is 0.227 e. The van der Waals surface area contributed by atoms with Crippen LogP contribution in [0.1, 0.15) is 24.5 Å². The molecule has 20 heavy (non-hydrogen) atoms. The van der Waals surface area contributed by atoms with Crippen molar-refractivity contribution >= 4 is 5.91 Å². The van der Waals surface area contributed by atoms with E-state index in [1.807, 2.05) is 30.3 Å². The Labute approximate surface area is 119 Å². The quantitative estimate of drug-likeness (QED) is 0.736. The summed E-state index contributed by atoms with van der Waals surface area (Å²) in [5.41, 5.74) is 6.02. The maximum absolute atomic E-state index is 12.3. The van der Waals surface area contributed by atoms with Gasteiger partial charge < -0.3 is 20.9 Å². The maximum atomic E-state index is 12.3. The molecule has 4 N–H and O–H groups in total. The summed E-state index contributed by atoms with van der Waals surface area (Å²) in [5.74, 6) is -0.0849. The molecule has 1 aromatic rings. The second-order valence-electron chi connectivity index (χ2n) is 5.23. The molecule has 0 bridgehead atoms. The van der Waals surface area contributed by atoms with E-state index in [-0.39, 0.29) is 12.5 Å². The van der Waals surface area contributed by atoms with Crippen LogP contribution >= 0.6 is 0 Å². The van der Waals surface area contributed by atoms with E-state index in [0.29, 0.717) is 32.6 Å². The molecule has 5 heteroatoms. The number of hydrogen-bond acceptors (Lipinski definition) is 4. The van der Waals surface area contributed by atoms with Crippen LogP contribution in [0.2, 0.25) is 0 Å². The number of rotatable bonds is 5. The lowest BCUT2D eigenvalue weighted by molar-refractivity contribution is -0.136. The zero-order valence-corrected chi connectivity index (χ0v) is 11.5. The highest BCUT2D eigenvalue weighted by atomic mass is 16.5. The van der Waals surface area contributed by atoms with Gasteiger partial charge in [-0.3, -0.25) is 4.79 Å². The molecule has 2 rings (SSSR count). The van der Waals surface area contributed by atoms with Crippen LogP contribution in [-0.4, -0.2) is 37.3 Å². The van der Waals surface area contributed by atoms with Gasteiger partial charge in [0.1, 0.15) is 0 Å². The van der Waals surface area contributed by atoms with E-state index in [4.69, 9.17) is 10.5 Å². The number of nitrogens with two attached hydrogens (primary N) is 1. The summed E-state index contributed by atoms with van der Waals surface area (Å²) in [4.78, 5) is 12.3. The van der Waals surface area contributed by atoms with E-state index < -0.39 is 11.5 Å². The molecule has 0 radical (unpaired) electrons. The van der Waals surface area contributed by atoms with Gasteiger partial charge in [-0.2, -0.15) is 0 Å². The number of ether oxygens (including phenoxy) is 1. The van der Waals surface area contributed by atoms with Crippen LogP contribution in [0.15, 0.2) is 30.3 Å². The van der Waals surface area contributed by atoms with Gasteiger partial charge in [-0.15, -0.1) is 0 Å². The van der Waals surface area contributed by atoms with Crippen LogP contribution < -0.4 is 11.1 Å². The summed E-state index contributed by atoms with van der Waals surface area (Å²) < 4.78 is 5.29.